The van der Waals surface area contributed by atoms with Crippen LogP contribution in [-0.2, 0) is 14.3 Å². The van der Waals surface area contributed by atoms with Gasteiger partial charge in [0.05, 0.1) is 25.9 Å². The maximum atomic E-state index is 11.2. The van der Waals surface area contributed by atoms with E-state index >= 15 is 0 Å². The lowest BCUT2D eigenvalue weighted by atomic mass is 10.2. The monoisotopic (exact) mass is 232 g/mol. The average Bonchev–Trinajstić information content (AvgIpc) is 2.31. The number of hydrogen-bond acceptors (Lipinski definition) is 4. The Morgan fingerprint density at radius 2 is 1.81 bits per heavy atom. The van der Waals surface area contributed by atoms with Crippen molar-refractivity contribution in [2.24, 2.45) is 5.73 Å². The summed E-state index contributed by atoms with van der Waals surface area (Å²) in [5, 5.41) is 2.71. The van der Waals surface area contributed by atoms with Gasteiger partial charge >= 0.3 is 0 Å². The molecule has 1 unspecified atom stereocenters. The lowest BCUT2D eigenvalue weighted by Gasteiger charge is -2.10. The summed E-state index contributed by atoms with van der Waals surface area (Å²) < 4.78 is 10.5. The molecule has 0 saturated heterocycles. The van der Waals surface area contributed by atoms with E-state index < -0.39 is 6.04 Å². The lowest BCUT2D eigenvalue weighted by Crippen LogP contribution is -2.41. The minimum absolute atomic E-state index is 0.117. The topological polar surface area (TPSA) is 73.6 Å². The fraction of sp³-hybridized carbons (Fsp3) is 0.909. The van der Waals surface area contributed by atoms with Gasteiger partial charge in [-0.3, -0.25) is 4.79 Å². The predicted molar refractivity (Wildman–Crippen MR) is 63.2 cm³/mol. The predicted octanol–water partition coefficient (Wildman–Crippen LogP) is 0.283. The molecule has 0 aliphatic heterocycles. The van der Waals surface area contributed by atoms with Gasteiger partial charge in [0.2, 0.25) is 5.91 Å². The van der Waals surface area contributed by atoms with Crippen LogP contribution in [0.4, 0.5) is 0 Å². The first-order chi connectivity index (χ1) is 7.72. The van der Waals surface area contributed by atoms with Gasteiger partial charge in [0.15, 0.2) is 0 Å². The molecule has 0 saturated carbocycles. The highest BCUT2D eigenvalue weighted by atomic mass is 16.5. The largest absolute Gasteiger partial charge is 0.379 e. The van der Waals surface area contributed by atoms with Gasteiger partial charge in [0.25, 0.3) is 0 Å². The molecule has 0 bridgehead atoms. The lowest BCUT2D eigenvalue weighted by molar-refractivity contribution is -0.122. The van der Waals surface area contributed by atoms with Crippen molar-refractivity contribution >= 4 is 5.91 Å². The van der Waals surface area contributed by atoms with Gasteiger partial charge in [-0.05, 0) is 12.8 Å². The second-order valence-electron chi connectivity index (χ2n) is 3.53. The number of nitrogens with two attached hydrogens (primary N) is 1. The molecule has 0 aromatic rings. The Balaban J connectivity index is 3.18. The van der Waals surface area contributed by atoms with Gasteiger partial charge in [-0.1, -0.05) is 13.8 Å². The van der Waals surface area contributed by atoms with Crippen LogP contribution < -0.4 is 11.1 Å². The van der Waals surface area contributed by atoms with Gasteiger partial charge in [0, 0.05) is 13.2 Å². The van der Waals surface area contributed by atoms with Crippen LogP contribution >= 0.6 is 0 Å². The Kier molecular flexibility index (Phi) is 10.4. The molecule has 5 heteroatoms. The Bertz CT molecular complexity index is 177. The highest BCUT2D eigenvalue weighted by Gasteiger charge is 2.08. The fourth-order valence-corrected chi connectivity index (χ4v) is 1.03. The van der Waals surface area contributed by atoms with Gasteiger partial charge in [0.1, 0.15) is 0 Å². The summed E-state index contributed by atoms with van der Waals surface area (Å²) >= 11 is 0. The van der Waals surface area contributed by atoms with E-state index in [2.05, 4.69) is 12.2 Å². The van der Waals surface area contributed by atoms with Gasteiger partial charge < -0.3 is 20.5 Å². The van der Waals surface area contributed by atoms with Crippen LogP contribution in [0.25, 0.3) is 0 Å². The van der Waals surface area contributed by atoms with Crippen LogP contribution in [0.2, 0.25) is 0 Å². The summed E-state index contributed by atoms with van der Waals surface area (Å²) in [6, 6.07) is -0.409. The van der Waals surface area contributed by atoms with Crippen molar-refractivity contribution in [2.75, 3.05) is 33.0 Å². The Morgan fingerprint density at radius 3 is 2.38 bits per heavy atom. The number of rotatable bonds is 10. The van der Waals surface area contributed by atoms with E-state index in [1.807, 2.05) is 6.92 Å². The molecule has 0 aliphatic carbocycles. The second-order valence-corrected chi connectivity index (χ2v) is 3.53. The smallest absolute Gasteiger partial charge is 0.236 e. The molecule has 1 amide bonds. The number of hydrogen-bond donors (Lipinski definition) is 2. The minimum Gasteiger partial charge on any atom is -0.379 e. The Morgan fingerprint density at radius 1 is 1.19 bits per heavy atom. The zero-order valence-electron chi connectivity index (χ0n) is 10.3. The summed E-state index contributed by atoms with van der Waals surface area (Å²) in [4.78, 5) is 11.2. The van der Waals surface area contributed by atoms with Crippen molar-refractivity contribution in [3.8, 4) is 0 Å². The number of carbonyl (C=O) groups excluding carboxylic acids is 1. The zero-order chi connectivity index (χ0) is 12.2. The molecule has 16 heavy (non-hydrogen) atoms. The molecule has 5 nitrogen and oxygen atoms in total. The molecule has 0 spiro atoms. The maximum absolute atomic E-state index is 11.2. The summed E-state index contributed by atoms with van der Waals surface area (Å²) in [6.07, 6.45) is 1.67. The normalized spacial score (nSPS) is 12.4. The molecule has 0 radical (unpaired) electrons. The SMILES string of the molecule is CCCOCCOCCNC(=O)C(N)CC. The van der Waals surface area contributed by atoms with E-state index in [9.17, 15) is 4.79 Å². The highest BCUT2D eigenvalue weighted by molar-refractivity contribution is 5.81. The molecule has 3 N–H and O–H groups in total. The van der Waals surface area contributed by atoms with E-state index in [0.29, 0.717) is 32.8 Å². The maximum Gasteiger partial charge on any atom is 0.236 e. The third-order valence-corrected chi connectivity index (χ3v) is 2.04. The number of carbonyl (C=O) groups is 1. The van der Waals surface area contributed by atoms with E-state index in [0.717, 1.165) is 13.0 Å². The van der Waals surface area contributed by atoms with Crippen LogP contribution in [0.1, 0.15) is 26.7 Å². The fourth-order valence-electron chi connectivity index (χ4n) is 1.03. The third kappa shape index (κ3) is 8.64. The van der Waals surface area contributed by atoms with Crippen LogP contribution in [0.5, 0.6) is 0 Å². The van der Waals surface area contributed by atoms with E-state index in [1.54, 1.807) is 0 Å². The Hall–Kier alpha value is -0.650. The summed E-state index contributed by atoms with van der Waals surface area (Å²) in [5.41, 5.74) is 5.54. The van der Waals surface area contributed by atoms with Crippen molar-refractivity contribution < 1.29 is 14.3 Å². The molecular weight excluding hydrogens is 208 g/mol. The summed E-state index contributed by atoms with van der Waals surface area (Å²) in [6.45, 7) is 6.88. The first kappa shape index (κ1) is 15.3. The molecule has 1 atom stereocenters. The molecule has 0 rings (SSSR count). The zero-order valence-corrected chi connectivity index (χ0v) is 10.3. The van der Waals surface area contributed by atoms with Crippen molar-refractivity contribution in [1.82, 2.24) is 5.32 Å². The van der Waals surface area contributed by atoms with Gasteiger partial charge in [-0.25, -0.2) is 0 Å². The van der Waals surface area contributed by atoms with Crippen molar-refractivity contribution in [2.45, 2.75) is 32.7 Å². The molecule has 0 aromatic carbocycles. The molecule has 0 aliphatic rings. The van der Waals surface area contributed by atoms with Crippen molar-refractivity contribution in [3.05, 3.63) is 0 Å². The summed E-state index contributed by atoms with van der Waals surface area (Å²) in [5.74, 6) is -0.117. The second kappa shape index (κ2) is 10.9. The quantitative estimate of drug-likeness (QED) is 0.531. The summed E-state index contributed by atoms with van der Waals surface area (Å²) in [7, 11) is 0. The average molecular weight is 232 g/mol. The van der Waals surface area contributed by atoms with Crippen molar-refractivity contribution in [3.63, 3.8) is 0 Å². The highest BCUT2D eigenvalue weighted by Crippen LogP contribution is 1.85. The van der Waals surface area contributed by atoms with E-state index in [1.165, 1.54) is 0 Å². The van der Waals surface area contributed by atoms with Crippen LogP contribution in [0, 0.1) is 0 Å². The van der Waals surface area contributed by atoms with E-state index in [-0.39, 0.29) is 5.91 Å². The van der Waals surface area contributed by atoms with Gasteiger partial charge in [-0.2, -0.15) is 0 Å². The molecule has 0 heterocycles. The Labute approximate surface area is 97.7 Å². The number of nitrogens with one attached hydrogen (secondary N) is 1. The van der Waals surface area contributed by atoms with Crippen LogP contribution in [-0.4, -0.2) is 44.9 Å². The van der Waals surface area contributed by atoms with Gasteiger partial charge in [-0.15, -0.1) is 0 Å². The molecule has 0 aromatic heterocycles. The van der Waals surface area contributed by atoms with Crippen molar-refractivity contribution in [1.29, 1.82) is 0 Å². The standard InChI is InChI=1S/C11H24N2O3/c1-3-6-15-8-9-16-7-5-13-11(14)10(12)4-2/h10H,3-9,12H2,1-2H3,(H,13,14). The van der Waals surface area contributed by atoms with E-state index in [4.69, 9.17) is 15.2 Å². The molecule has 96 valence electrons. The molecular formula is C11H24N2O3. The molecule has 0 fully saturated rings. The first-order valence-electron chi connectivity index (χ1n) is 5.91. The number of amides is 1. The number of ether oxygens (including phenoxy) is 2. The van der Waals surface area contributed by atoms with Crippen LogP contribution in [0.3, 0.4) is 0 Å². The third-order valence-electron chi connectivity index (χ3n) is 2.04. The minimum atomic E-state index is -0.409. The first-order valence-corrected chi connectivity index (χ1v) is 5.91. The van der Waals surface area contributed by atoms with Crippen LogP contribution in [0.15, 0.2) is 0 Å².